The Morgan fingerprint density at radius 2 is 1.86 bits per heavy atom. The van der Waals surface area contributed by atoms with E-state index in [-0.39, 0.29) is 5.91 Å². The molecule has 0 saturated carbocycles. The van der Waals surface area contributed by atoms with E-state index in [9.17, 15) is 4.79 Å². The number of hydrogen-bond acceptors (Lipinski definition) is 2. The maximum Gasteiger partial charge on any atom is 0.258 e. The van der Waals surface area contributed by atoms with Crippen molar-refractivity contribution >= 4 is 11.7 Å². The highest BCUT2D eigenvalue weighted by Gasteiger charge is 2.14. The van der Waals surface area contributed by atoms with E-state index in [1.54, 1.807) is 12.3 Å². The summed E-state index contributed by atoms with van der Waals surface area (Å²) in [6.07, 6.45) is 1.65. The number of benzene rings is 1. The van der Waals surface area contributed by atoms with E-state index in [4.69, 9.17) is 0 Å². The zero-order chi connectivity index (χ0) is 14.7. The van der Waals surface area contributed by atoms with Crippen LogP contribution >= 0.6 is 0 Å². The molecule has 0 aliphatic rings. The monoisotopic (exact) mass is 277 g/mol. The lowest BCUT2D eigenvalue weighted by Gasteiger charge is -2.02. The molecule has 0 bridgehead atoms. The molecule has 1 aromatic carbocycles. The quantitative estimate of drug-likeness (QED) is 0.768. The van der Waals surface area contributed by atoms with Crippen molar-refractivity contribution in [1.82, 2.24) is 9.97 Å². The summed E-state index contributed by atoms with van der Waals surface area (Å²) in [4.78, 5) is 19.7. The number of rotatable bonds is 3. The van der Waals surface area contributed by atoms with Gasteiger partial charge in [-0.2, -0.15) is 0 Å². The Kier molecular flexibility index (Phi) is 3.51. The van der Waals surface area contributed by atoms with Crippen molar-refractivity contribution in [2.24, 2.45) is 0 Å². The van der Waals surface area contributed by atoms with Gasteiger partial charge in [-0.1, -0.05) is 36.4 Å². The Balaban J connectivity index is 1.86. The van der Waals surface area contributed by atoms with Crippen LogP contribution in [0.5, 0.6) is 0 Å². The highest BCUT2D eigenvalue weighted by Crippen LogP contribution is 2.22. The van der Waals surface area contributed by atoms with Crippen LogP contribution in [0.1, 0.15) is 16.1 Å². The van der Waals surface area contributed by atoms with Gasteiger partial charge in [0, 0.05) is 17.6 Å². The molecule has 1 amide bonds. The number of carbonyl (C=O) groups is 1. The third kappa shape index (κ3) is 2.84. The van der Waals surface area contributed by atoms with Gasteiger partial charge in [0.15, 0.2) is 0 Å². The molecule has 3 rings (SSSR count). The largest absolute Gasteiger partial charge is 0.358 e. The Hall–Kier alpha value is -2.88. The van der Waals surface area contributed by atoms with Crippen LogP contribution in [0.3, 0.4) is 0 Å². The van der Waals surface area contributed by atoms with Crippen molar-refractivity contribution < 1.29 is 4.79 Å². The van der Waals surface area contributed by atoms with Crippen molar-refractivity contribution in [3.8, 4) is 11.3 Å². The maximum absolute atomic E-state index is 12.3. The summed E-state index contributed by atoms with van der Waals surface area (Å²) in [7, 11) is 0. The first kappa shape index (κ1) is 13.1. The van der Waals surface area contributed by atoms with E-state index in [1.165, 1.54) is 0 Å². The molecule has 0 aliphatic carbocycles. The minimum atomic E-state index is -0.162. The molecule has 2 aromatic heterocycles. The molecule has 2 N–H and O–H groups in total. The lowest BCUT2D eigenvalue weighted by atomic mass is 10.1. The molecular formula is C17H15N3O. The van der Waals surface area contributed by atoms with Crippen LogP contribution in [-0.2, 0) is 0 Å². The number of aryl methyl sites for hydroxylation is 1. The minimum absolute atomic E-state index is 0.162. The second-order valence-corrected chi connectivity index (χ2v) is 4.76. The van der Waals surface area contributed by atoms with E-state index < -0.39 is 0 Å². The molecule has 0 unspecified atom stereocenters. The van der Waals surface area contributed by atoms with E-state index in [0.717, 1.165) is 17.0 Å². The molecule has 4 nitrogen and oxygen atoms in total. The number of nitrogens with zero attached hydrogens (tertiary/aromatic N) is 1. The normalized spacial score (nSPS) is 10.3. The molecule has 0 fully saturated rings. The second-order valence-electron chi connectivity index (χ2n) is 4.76. The van der Waals surface area contributed by atoms with Crippen molar-refractivity contribution in [2.45, 2.75) is 6.92 Å². The fraction of sp³-hybridized carbons (Fsp3) is 0.0588. The molecule has 3 aromatic rings. The van der Waals surface area contributed by atoms with Gasteiger partial charge in [0.25, 0.3) is 5.91 Å². The number of nitrogens with one attached hydrogen (secondary N) is 2. The first-order valence-corrected chi connectivity index (χ1v) is 6.71. The average Bonchev–Trinajstić information content (AvgIpc) is 2.91. The van der Waals surface area contributed by atoms with Gasteiger partial charge in [0.1, 0.15) is 5.82 Å². The predicted molar refractivity (Wildman–Crippen MR) is 83.2 cm³/mol. The van der Waals surface area contributed by atoms with Crippen LogP contribution in [0.2, 0.25) is 0 Å². The fourth-order valence-corrected chi connectivity index (χ4v) is 2.19. The van der Waals surface area contributed by atoms with Gasteiger partial charge in [-0.05, 0) is 30.7 Å². The number of anilines is 1. The average molecular weight is 277 g/mol. The Labute approximate surface area is 122 Å². The van der Waals surface area contributed by atoms with Crippen LogP contribution < -0.4 is 5.32 Å². The predicted octanol–water partition coefficient (Wildman–Crippen LogP) is 3.64. The van der Waals surface area contributed by atoms with Gasteiger partial charge in [0.2, 0.25) is 0 Å². The molecular weight excluding hydrogens is 262 g/mol. The Morgan fingerprint density at radius 3 is 2.57 bits per heavy atom. The van der Waals surface area contributed by atoms with E-state index >= 15 is 0 Å². The topological polar surface area (TPSA) is 57.8 Å². The number of hydrogen-bond donors (Lipinski definition) is 2. The van der Waals surface area contributed by atoms with Crippen LogP contribution in [0, 0.1) is 6.92 Å². The van der Waals surface area contributed by atoms with Gasteiger partial charge in [0.05, 0.1) is 5.56 Å². The van der Waals surface area contributed by atoms with E-state index in [2.05, 4.69) is 15.3 Å². The number of aromatic nitrogens is 2. The number of pyridine rings is 1. The Bertz CT molecular complexity index is 748. The first-order valence-electron chi connectivity index (χ1n) is 6.71. The van der Waals surface area contributed by atoms with E-state index in [1.807, 2.05) is 55.5 Å². The molecule has 0 aliphatic heterocycles. The van der Waals surface area contributed by atoms with Gasteiger partial charge in [-0.3, -0.25) is 4.79 Å². The first-order chi connectivity index (χ1) is 10.2. The van der Waals surface area contributed by atoms with Gasteiger partial charge in [-0.15, -0.1) is 0 Å². The summed E-state index contributed by atoms with van der Waals surface area (Å²) in [5, 5.41) is 2.79. The van der Waals surface area contributed by atoms with Gasteiger partial charge >= 0.3 is 0 Å². The highest BCUT2D eigenvalue weighted by atomic mass is 16.1. The van der Waals surface area contributed by atoms with Gasteiger partial charge in [-0.25, -0.2) is 4.98 Å². The molecule has 0 spiro atoms. The molecule has 0 atom stereocenters. The molecule has 2 heterocycles. The summed E-state index contributed by atoms with van der Waals surface area (Å²) in [5.41, 5.74) is 3.44. The Morgan fingerprint density at radius 1 is 1.10 bits per heavy atom. The molecule has 104 valence electrons. The smallest absolute Gasteiger partial charge is 0.258 e. The molecule has 0 saturated heterocycles. The summed E-state index contributed by atoms with van der Waals surface area (Å²) >= 11 is 0. The SMILES string of the molecule is Cc1[nH]c(-c2ccccc2)cc1C(=O)Nc1ccccn1. The highest BCUT2D eigenvalue weighted by molar-refractivity contribution is 6.05. The van der Waals surface area contributed by atoms with Crippen molar-refractivity contribution in [3.63, 3.8) is 0 Å². The molecule has 4 heteroatoms. The third-order valence-electron chi connectivity index (χ3n) is 3.25. The van der Waals surface area contributed by atoms with Crippen molar-refractivity contribution in [3.05, 3.63) is 72.1 Å². The summed E-state index contributed by atoms with van der Waals surface area (Å²) in [6.45, 7) is 1.89. The van der Waals surface area contributed by atoms with Crippen LogP contribution in [-0.4, -0.2) is 15.9 Å². The maximum atomic E-state index is 12.3. The summed E-state index contributed by atoms with van der Waals surface area (Å²) < 4.78 is 0. The fourth-order valence-electron chi connectivity index (χ4n) is 2.19. The molecule has 21 heavy (non-hydrogen) atoms. The number of carbonyl (C=O) groups excluding carboxylic acids is 1. The van der Waals surface area contributed by atoms with Crippen molar-refractivity contribution in [1.29, 1.82) is 0 Å². The van der Waals surface area contributed by atoms with Crippen LogP contribution in [0.15, 0.2) is 60.8 Å². The molecule has 0 radical (unpaired) electrons. The second kappa shape index (κ2) is 5.63. The van der Waals surface area contributed by atoms with Crippen LogP contribution in [0.25, 0.3) is 11.3 Å². The lowest BCUT2D eigenvalue weighted by Crippen LogP contribution is -2.13. The summed E-state index contributed by atoms with van der Waals surface area (Å²) in [6, 6.07) is 17.2. The third-order valence-corrected chi connectivity index (χ3v) is 3.25. The van der Waals surface area contributed by atoms with E-state index in [0.29, 0.717) is 11.4 Å². The standard InChI is InChI=1S/C17H15N3O/c1-12-14(17(21)20-16-9-5-6-10-18-16)11-15(19-12)13-7-3-2-4-8-13/h2-11,19H,1H3,(H,18,20,21). The lowest BCUT2D eigenvalue weighted by molar-refractivity contribution is 0.102. The number of amides is 1. The number of H-pyrrole nitrogens is 1. The zero-order valence-corrected chi connectivity index (χ0v) is 11.6. The van der Waals surface area contributed by atoms with Gasteiger partial charge < -0.3 is 10.3 Å². The van der Waals surface area contributed by atoms with Crippen molar-refractivity contribution in [2.75, 3.05) is 5.32 Å². The summed E-state index contributed by atoms with van der Waals surface area (Å²) in [5.74, 6) is 0.383. The zero-order valence-electron chi connectivity index (χ0n) is 11.6. The minimum Gasteiger partial charge on any atom is -0.358 e. The number of aromatic amines is 1. The van der Waals surface area contributed by atoms with Crippen LogP contribution in [0.4, 0.5) is 5.82 Å².